The van der Waals surface area contributed by atoms with Crippen LogP contribution in [0.4, 0.5) is 13.2 Å². The van der Waals surface area contributed by atoms with Gasteiger partial charge in [-0.25, -0.2) is 0 Å². The van der Waals surface area contributed by atoms with Crippen LogP contribution >= 0.6 is 9.58 Å². The van der Waals surface area contributed by atoms with Crippen molar-refractivity contribution in [2.24, 2.45) is 0 Å². The van der Waals surface area contributed by atoms with Crippen LogP contribution < -0.4 is 0 Å². The summed E-state index contributed by atoms with van der Waals surface area (Å²) < 4.78 is 41.4. The summed E-state index contributed by atoms with van der Waals surface area (Å²) in [5, 5.41) is 0. The van der Waals surface area contributed by atoms with Gasteiger partial charge in [0.15, 0.2) is 0 Å². The van der Waals surface area contributed by atoms with E-state index in [1.54, 1.807) is 24.7 Å². The normalized spacial score (nSPS) is 10.5. The van der Waals surface area contributed by atoms with E-state index in [9.17, 15) is 13.2 Å². The minimum absolute atomic E-state index is 0.153. The van der Waals surface area contributed by atoms with Gasteiger partial charge in [0, 0.05) is 35.8 Å². The Morgan fingerprint density at radius 1 is 0.659 bits per heavy atom. The zero-order chi connectivity index (χ0) is 29.9. The summed E-state index contributed by atoms with van der Waals surface area (Å²) in [6.45, 7) is 8.21. The van der Waals surface area contributed by atoms with E-state index in [1.807, 2.05) is 42.5 Å². The van der Waals surface area contributed by atoms with Crippen molar-refractivity contribution >= 4 is 9.58 Å². The Morgan fingerprint density at radius 2 is 1.20 bits per heavy atom. The fourth-order valence-corrected chi connectivity index (χ4v) is 3.85. The molecule has 0 bridgehead atoms. The minimum atomic E-state index is -0.681. The Hall–Kier alpha value is -3.38. The summed E-state index contributed by atoms with van der Waals surface area (Å²) in [5.41, 5.74) is 4.87. The number of nitrogens with zero attached hydrogens (tertiary/aromatic N) is 3. The van der Waals surface area contributed by atoms with Crippen LogP contribution in [0.15, 0.2) is 85.3 Å². The molecule has 2 aromatic carbocycles. The average Bonchev–Trinajstić information content (AvgIpc) is 2.99. The van der Waals surface area contributed by atoms with Gasteiger partial charge in [0.2, 0.25) is 0 Å². The van der Waals surface area contributed by atoms with E-state index in [4.69, 9.17) is 0 Å². The quantitative estimate of drug-likeness (QED) is 0.168. The molecular formula is C33H28ClF3IrN3. The summed E-state index contributed by atoms with van der Waals surface area (Å²) in [6.07, 6.45) is 4.98. The Bertz CT molecular complexity index is 1470. The van der Waals surface area contributed by atoms with E-state index in [0.29, 0.717) is 11.4 Å². The molecule has 3 heterocycles. The third-order valence-corrected chi connectivity index (χ3v) is 6.11. The molecule has 41 heavy (non-hydrogen) atoms. The van der Waals surface area contributed by atoms with Crippen molar-refractivity contribution < 1.29 is 31.1 Å². The molecular weight excluding hydrogens is 723 g/mol. The van der Waals surface area contributed by atoms with Crippen LogP contribution in [0.1, 0.15) is 50.7 Å². The van der Waals surface area contributed by atoms with Gasteiger partial charge >= 0.3 is 27.5 Å². The molecule has 0 spiro atoms. The van der Waals surface area contributed by atoms with Crippen LogP contribution in [0.5, 0.6) is 0 Å². The number of benzene rings is 2. The first-order valence-electron chi connectivity index (χ1n) is 12.8. The van der Waals surface area contributed by atoms with Gasteiger partial charge in [-0.2, -0.15) is 0 Å². The van der Waals surface area contributed by atoms with E-state index in [1.165, 1.54) is 30.0 Å². The van der Waals surface area contributed by atoms with Gasteiger partial charge in [-0.1, -0.05) is 69.2 Å². The third-order valence-electron chi connectivity index (χ3n) is 6.11. The van der Waals surface area contributed by atoms with E-state index in [0.717, 1.165) is 28.5 Å². The van der Waals surface area contributed by atoms with E-state index in [-0.39, 0.29) is 28.8 Å². The fraction of sp³-hybridized carbons (Fsp3) is 0.182. The van der Waals surface area contributed by atoms with Crippen molar-refractivity contribution in [2.45, 2.75) is 39.5 Å². The van der Waals surface area contributed by atoms with Crippen molar-refractivity contribution in [1.29, 1.82) is 0 Å². The number of aromatic nitrogens is 3. The maximum absolute atomic E-state index is 14.4. The van der Waals surface area contributed by atoms with Crippen molar-refractivity contribution in [3.05, 3.63) is 126 Å². The second-order valence-corrected chi connectivity index (χ2v) is 9.61. The number of pyridine rings is 3. The Balaban J connectivity index is 0.000000257. The molecule has 5 aromatic rings. The monoisotopic (exact) mass is 751 g/mol. The molecule has 8 heteroatoms. The second kappa shape index (κ2) is 15.6. The Kier molecular flexibility index (Phi) is 12.2. The molecule has 0 N–H and O–H groups in total. The number of hydrogen-bond donors (Lipinski definition) is 0. The van der Waals surface area contributed by atoms with Crippen LogP contribution in [-0.2, 0) is 17.9 Å². The van der Waals surface area contributed by atoms with Gasteiger partial charge in [-0.05, 0) is 46.9 Å². The molecule has 3 aromatic heterocycles. The summed E-state index contributed by atoms with van der Waals surface area (Å²) in [4.78, 5) is 12.6. The van der Waals surface area contributed by atoms with Gasteiger partial charge < -0.3 is 4.98 Å². The van der Waals surface area contributed by atoms with Crippen LogP contribution in [0.25, 0.3) is 33.8 Å². The van der Waals surface area contributed by atoms with Gasteiger partial charge in [0.1, 0.15) is 0 Å². The van der Waals surface area contributed by atoms with Crippen molar-refractivity contribution in [1.82, 2.24) is 15.0 Å². The molecule has 0 unspecified atom stereocenters. The molecule has 0 fully saturated rings. The van der Waals surface area contributed by atoms with Gasteiger partial charge in [-0.3, -0.25) is 23.1 Å². The topological polar surface area (TPSA) is 38.7 Å². The zero-order valence-electron chi connectivity index (χ0n) is 22.9. The molecule has 0 amide bonds. The van der Waals surface area contributed by atoms with Gasteiger partial charge in [0.25, 0.3) is 0 Å². The zero-order valence-corrected chi connectivity index (χ0v) is 26.1. The average molecular weight is 751 g/mol. The molecule has 3 nitrogen and oxygen atoms in total. The summed E-state index contributed by atoms with van der Waals surface area (Å²) >= 11 is 1.47. The summed E-state index contributed by atoms with van der Waals surface area (Å²) in [5.74, 6) is -1.08. The van der Waals surface area contributed by atoms with Crippen LogP contribution in [0.2, 0.25) is 0 Å². The van der Waals surface area contributed by atoms with Crippen LogP contribution in [-0.4, -0.2) is 15.0 Å². The van der Waals surface area contributed by atoms with E-state index < -0.39 is 11.6 Å². The predicted octanol–water partition coefficient (Wildman–Crippen LogP) is 9.51. The molecule has 5 rings (SSSR count). The van der Waals surface area contributed by atoms with E-state index in [2.05, 4.69) is 64.4 Å². The Labute approximate surface area is 254 Å². The number of rotatable bonds is 5. The molecule has 0 saturated heterocycles. The predicted molar refractivity (Wildman–Crippen MR) is 154 cm³/mol. The Morgan fingerprint density at radius 3 is 1.63 bits per heavy atom. The van der Waals surface area contributed by atoms with Crippen molar-refractivity contribution in [3.63, 3.8) is 0 Å². The third kappa shape index (κ3) is 8.80. The molecule has 0 atom stereocenters. The summed E-state index contributed by atoms with van der Waals surface area (Å²) in [7, 11) is 4.64. The molecule has 0 radical (unpaired) electrons. The van der Waals surface area contributed by atoms with Gasteiger partial charge in [0.05, 0.1) is 11.6 Å². The maximum atomic E-state index is 14.4. The summed E-state index contributed by atoms with van der Waals surface area (Å²) in [6, 6.07) is 24.0. The molecule has 212 valence electrons. The van der Waals surface area contributed by atoms with Crippen molar-refractivity contribution in [2.75, 3.05) is 0 Å². The number of hydrogen-bond acceptors (Lipinski definition) is 3. The van der Waals surface area contributed by atoms with Crippen molar-refractivity contribution in [3.8, 4) is 33.8 Å². The van der Waals surface area contributed by atoms with Crippen LogP contribution in [0, 0.1) is 29.6 Å². The van der Waals surface area contributed by atoms with E-state index >= 15 is 0 Å². The molecule has 0 aliphatic carbocycles. The number of halogens is 4. The first-order valence-corrected chi connectivity index (χ1v) is 15.7. The fourth-order valence-electron chi connectivity index (χ4n) is 3.85. The molecule has 0 aliphatic heterocycles. The van der Waals surface area contributed by atoms with Crippen LogP contribution in [0.3, 0.4) is 0 Å². The SMILES string of the molecule is CC(C)c1ccnc(-c2[c-]c(-c3cc(C(C)C)ccn3)c(F)cc2F)c1.Fc1c[c-]c(-c2ccccn2)cc1.[Cl][Ir+2]. The molecule has 0 saturated carbocycles. The first-order chi connectivity index (χ1) is 19.7. The van der Waals surface area contributed by atoms with Gasteiger partial charge in [-0.15, -0.1) is 35.9 Å². The molecule has 0 aliphatic rings. The first kappa shape index (κ1) is 32.1. The second-order valence-electron chi connectivity index (χ2n) is 9.61. The standard InChI is InChI=1S/C22H21F2N2.C11H7FN.ClH.Ir/c1-13(2)15-5-7-25-21(9-15)17-11-18(20(24)12-19(17)23)22-10-16(14(3)4)6-8-26-22;12-10-6-4-9(5-7-10)11-3-1-2-8-13-11;;/h5-10,12-14H,1-4H3;1-4,6-8H;1H;/q2*-1;;+3/p-1.